The summed E-state index contributed by atoms with van der Waals surface area (Å²) in [5.41, 5.74) is -3.94. The molecule has 9 aliphatic rings. The lowest BCUT2D eigenvalue weighted by molar-refractivity contribution is -0.406. The van der Waals surface area contributed by atoms with Gasteiger partial charge in [0.2, 0.25) is 0 Å². The summed E-state index contributed by atoms with van der Waals surface area (Å²) in [6.45, 7) is 3.31. The summed E-state index contributed by atoms with van der Waals surface area (Å²) in [4.78, 5) is 16.0. The Labute approximate surface area is 188 Å². The standard InChI is InChI=1S/C24H35NO7/c1-5-25-19-23-12-8-11-13(30-3)9-22(27,15(12)16(11)26)24(19,28)18(31-4)17(23)21(10-29-2)7-6-14(23)32-20(21)25/h11-15,17-20,27-28H,5-10H2,1-4H3/t11-,12-,13+,14+,15-,17-,18+,19+,20+,21+,22-,23+,24-/m1/s1. The van der Waals surface area contributed by atoms with E-state index in [4.69, 9.17) is 18.9 Å². The van der Waals surface area contributed by atoms with Crippen LogP contribution in [0.4, 0.5) is 0 Å². The van der Waals surface area contributed by atoms with Crippen molar-refractivity contribution in [2.75, 3.05) is 34.5 Å². The average Bonchev–Trinajstić information content (AvgIpc) is 3.17. The Morgan fingerprint density at radius 1 is 1.22 bits per heavy atom. The Kier molecular flexibility index (Phi) is 3.86. The molecule has 2 N–H and O–H groups in total. The maximum Gasteiger partial charge on any atom is 0.144 e. The van der Waals surface area contributed by atoms with Crippen LogP contribution in [0.2, 0.25) is 0 Å². The number of piperidine rings is 1. The van der Waals surface area contributed by atoms with Crippen molar-refractivity contribution >= 4 is 5.78 Å². The van der Waals surface area contributed by atoms with E-state index in [0.717, 1.165) is 12.8 Å². The van der Waals surface area contributed by atoms with Gasteiger partial charge in [-0.2, -0.15) is 0 Å². The highest BCUT2D eigenvalue weighted by atomic mass is 16.5. The molecular weight excluding hydrogens is 414 g/mol. The highest BCUT2D eigenvalue weighted by molar-refractivity contribution is 5.90. The third kappa shape index (κ3) is 1.66. The number of carbonyl (C=O) groups is 1. The lowest BCUT2D eigenvalue weighted by Gasteiger charge is -2.76. The minimum Gasteiger partial charge on any atom is -0.386 e. The van der Waals surface area contributed by atoms with E-state index in [0.29, 0.717) is 19.6 Å². The normalized spacial score (nSPS) is 63.4. The van der Waals surface area contributed by atoms with Gasteiger partial charge in [-0.3, -0.25) is 9.69 Å². The predicted molar refractivity (Wildman–Crippen MR) is 110 cm³/mol. The fraction of sp³-hybridized carbons (Fsp3) is 0.958. The van der Waals surface area contributed by atoms with Gasteiger partial charge in [-0.25, -0.2) is 0 Å². The van der Waals surface area contributed by atoms with Crippen LogP contribution in [0.5, 0.6) is 0 Å². The number of ketones is 1. The minimum atomic E-state index is -1.58. The Morgan fingerprint density at radius 3 is 2.66 bits per heavy atom. The fourth-order valence-corrected chi connectivity index (χ4v) is 11.0. The van der Waals surface area contributed by atoms with Crippen molar-refractivity contribution in [2.45, 2.75) is 74.4 Å². The van der Waals surface area contributed by atoms with Gasteiger partial charge >= 0.3 is 0 Å². The van der Waals surface area contributed by atoms with E-state index in [-0.39, 0.29) is 59.9 Å². The monoisotopic (exact) mass is 449 g/mol. The summed E-state index contributed by atoms with van der Waals surface area (Å²) in [5, 5.41) is 25.3. The Hall–Kier alpha value is -0.610. The van der Waals surface area contributed by atoms with Crippen molar-refractivity contribution in [2.24, 2.45) is 34.5 Å². The maximum atomic E-state index is 13.7. The van der Waals surface area contributed by atoms with E-state index in [1.807, 2.05) is 0 Å². The van der Waals surface area contributed by atoms with Crippen molar-refractivity contribution in [1.82, 2.24) is 4.90 Å². The topological polar surface area (TPSA) is 97.7 Å². The first-order valence-electron chi connectivity index (χ1n) is 12.3. The number of likely N-dealkylation sites (N-methyl/N-ethyl adjacent to an activating group) is 1. The number of nitrogens with zero attached hydrogens (tertiary/aromatic N) is 1. The van der Waals surface area contributed by atoms with E-state index in [1.165, 1.54) is 0 Å². The highest BCUT2D eigenvalue weighted by Gasteiger charge is 2.94. The number of carbonyl (C=O) groups excluding carboxylic acids is 1. The second kappa shape index (κ2) is 5.96. The number of rotatable bonds is 5. The summed E-state index contributed by atoms with van der Waals surface area (Å²) < 4.78 is 24.6. The molecule has 9 bridgehead atoms. The van der Waals surface area contributed by atoms with Crippen molar-refractivity contribution in [3.63, 3.8) is 0 Å². The van der Waals surface area contributed by atoms with Crippen LogP contribution < -0.4 is 0 Å². The van der Waals surface area contributed by atoms with E-state index in [9.17, 15) is 15.0 Å². The minimum absolute atomic E-state index is 0.0255. The molecule has 0 aromatic heterocycles. The van der Waals surface area contributed by atoms with E-state index in [1.54, 1.807) is 21.3 Å². The lowest BCUT2D eigenvalue weighted by Crippen LogP contribution is -2.86. The molecule has 8 heteroatoms. The van der Waals surface area contributed by atoms with Crippen LogP contribution in [0.1, 0.15) is 32.6 Å². The maximum absolute atomic E-state index is 13.7. The third-order valence-electron chi connectivity index (χ3n) is 11.4. The number of hydrogen-bond donors (Lipinski definition) is 2. The molecule has 178 valence electrons. The molecule has 8 nitrogen and oxygen atoms in total. The number of methoxy groups -OCH3 is 3. The first-order valence-corrected chi connectivity index (χ1v) is 12.3. The van der Waals surface area contributed by atoms with Gasteiger partial charge in [0, 0.05) is 50.4 Å². The molecule has 0 unspecified atom stereocenters. The molecule has 32 heavy (non-hydrogen) atoms. The molecule has 4 heterocycles. The Balaban J connectivity index is 1.56. The van der Waals surface area contributed by atoms with Gasteiger partial charge in [0.1, 0.15) is 23.2 Å². The van der Waals surface area contributed by atoms with E-state index >= 15 is 0 Å². The molecule has 0 amide bonds. The van der Waals surface area contributed by atoms with E-state index < -0.39 is 28.6 Å². The van der Waals surface area contributed by atoms with Crippen LogP contribution in [-0.2, 0) is 23.7 Å². The zero-order valence-corrected chi connectivity index (χ0v) is 19.3. The van der Waals surface area contributed by atoms with Crippen LogP contribution in [-0.4, -0.2) is 97.2 Å². The van der Waals surface area contributed by atoms with Crippen molar-refractivity contribution in [1.29, 1.82) is 0 Å². The quantitative estimate of drug-likeness (QED) is 0.614. The molecule has 13 atom stereocenters. The molecule has 9 fully saturated rings. The molecule has 0 radical (unpaired) electrons. The van der Waals surface area contributed by atoms with Gasteiger partial charge in [0.05, 0.1) is 36.9 Å². The highest BCUT2D eigenvalue weighted by Crippen LogP contribution is 2.83. The van der Waals surface area contributed by atoms with Gasteiger partial charge in [0.25, 0.3) is 0 Å². The molecule has 0 aromatic carbocycles. The molecule has 5 saturated carbocycles. The van der Waals surface area contributed by atoms with E-state index in [2.05, 4.69) is 11.8 Å². The summed E-state index contributed by atoms with van der Waals surface area (Å²) >= 11 is 0. The molecule has 5 aliphatic carbocycles. The first kappa shape index (κ1) is 20.7. The summed E-state index contributed by atoms with van der Waals surface area (Å²) in [7, 11) is 4.99. The van der Waals surface area contributed by atoms with Gasteiger partial charge < -0.3 is 29.2 Å². The van der Waals surface area contributed by atoms with Crippen LogP contribution in [0, 0.1) is 34.5 Å². The van der Waals surface area contributed by atoms with Crippen LogP contribution in [0.25, 0.3) is 0 Å². The molecule has 4 saturated heterocycles. The first-order chi connectivity index (χ1) is 15.3. The smallest absolute Gasteiger partial charge is 0.144 e. The largest absolute Gasteiger partial charge is 0.386 e. The van der Waals surface area contributed by atoms with Crippen LogP contribution in [0.15, 0.2) is 0 Å². The fourth-order valence-electron chi connectivity index (χ4n) is 11.0. The van der Waals surface area contributed by atoms with Crippen LogP contribution >= 0.6 is 0 Å². The number of aliphatic hydroxyl groups is 2. The number of Topliss-reactive ketones (excluding diaryl/α,β-unsaturated/α-hetero) is 1. The predicted octanol–water partition coefficient (Wildman–Crippen LogP) is 0.189. The number of ether oxygens (including phenoxy) is 4. The Bertz CT molecular complexity index is 880. The molecule has 1 spiro atoms. The number of fused-ring (bicyclic) bond motifs is 3. The number of hydrogen-bond acceptors (Lipinski definition) is 8. The molecule has 4 aliphatic heterocycles. The zero-order valence-electron chi connectivity index (χ0n) is 19.3. The second-order valence-corrected chi connectivity index (χ2v) is 11.6. The van der Waals surface area contributed by atoms with Gasteiger partial charge in [-0.15, -0.1) is 0 Å². The van der Waals surface area contributed by atoms with Gasteiger partial charge in [0.15, 0.2) is 0 Å². The van der Waals surface area contributed by atoms with Gasteiger partial charge in [-0.05, 0) is 31.7 Å². The lowest BCUT2D eigenvalue weighted by atomic mass is 9.41. The summed E-state index contributed by atoms with van der Waals surface area (Å²) in [5.74, 6) is -0.843. The molecule has 9 rings (SSSR count). The Morgan fingerprint density at radius 2 is 2.00 bits per heavy atom. The van der Waals surface area contributed by atoms with Crippen LogP contribution in [0.3, 0.4) is 0 Å². The van der Waals surface area contributed by atoms with Crippen molar-refractivity contribution in [3.05, 3.63) is 0 Å². The van der Waals surface area contributed by atoms with Crippen molar-refractivity contribution < 1.29 is 34.0 Å². The third-order valence-corrected chi connectivity index (χ3v) is 11.4. The van der Waals surface area contributed by atoms with Gasteiger partial charge in [-0.1, -0.05) is 6.92 Å². The molecular formula is C24H35NO7. The summed E-state index contributed by atoms with van der Waals surface area (Å²) in [6.07, 6.45) is 1.59. The second-order valence-electron chi connectivity index (χ2n) is 11.6. The SMILES string of the molecule is CCN1[C@H]2O[C@H]3CC[C@]2(COC)[C@H]2[C@H](OC)[C@@]4(O)[C@@H]1[C@@]32[C@@H]1C[C@H]2C(=O)[C@@H]1[C@]4(O)C[C@@H]2OC. The van der Waals surface area contributed by atoms with Crippen molar-refractivity contribution in [3.8, 4) is 0 Å². The summed E-state index contributed by atoms with van der Waals surface area (Å²) in [6, 6.07) is -0.308. The zero-order chi connectivity index (χ0) is 22.4. The molecule has 0 aromatic rings. The average molecular weight is 450 g/mol.